The summed E-state index contributed by atoms with van der Waals surface area (Å²) in [6, 6.07) is 13.2. The second-order valence-electron chi connectivity index (χ2n) is 5.45. The Bertz CT molecular complexity index is 607. The molecule has 2 aromatic carbocycles. The quantitative estimate of drug-likeness (QED) is 0.900. The first-order chi connectivity index (χ1) is 9.63. The van der Waals surface area contributed by atoms with E-state index >= 15 is 0 Å². The van der Waals surface area contributed by atoms with E-state index in [9.17, 15) is 10.2 Å². The Hall–Kier alpha value is -2.00. The molecule has 0 aromatic heterocycles. The summed E-state index contributed by atoms with van der Waals surface area (Å²) in [7, 11) is 2.10. The van der Waals surface area contributed by atoms with E-state index in [-0.39, 0.29) is 5.75 Å². The fourth-order valence-electron chi connectivity index (χ4n) is 2.77. The Labute approximate surface area is 119 Å². The van der Waals surface area contributed by atoms with Crippen LogP contribution in [0.1, 0.15) is 22.8 Å². The summed E-state index contributed by atoms with van der Waals surface area (Å²) >= 11 is 0. The number of fused-ring (bicyclic) bond motifs is 1. The number of nitrogens with zero attached hydrogens (tertiary/aromatic N) is 1. The van der Waals surface area contributed by atoms with E-state index in [0.29, 0.717) is 6.42 Å². The number of phenols is 1. The lowest BCUT2D eigenvalue weighted by Crippen LogP contribution is -2.12. The molecule has 1 heterocycles. The number of likely N-dealkylation sites (N-methyl/N-ethyl adjacent to an activating group) is 1. The Kier molecular flexibility index (Phi) is 3.36. The number of anilines is 1. The molecule has 0 fully saturated rings. The van der Waals surface area contributed by atoms with Crippen LogP contribution in [0.5, 0.6) is 5.75 Å². The van der Waals surface area contributed by atoms with Crippen molar-refractivity contribution < 1.29 is 10.2 Å². The molecule has 0 saturated carbocycles. The highest BCUT2D eigenvalue weighted by Gasteiger charge is 2.17. The van der Waals surface area contributed by atoms with Crippen LogP contribution in [0.4, 0.5) is 5.69 Å². The van der Waals surface area contributed by atoms with Crippen LogP contribution in [0.3, 0.4) is 0 Å². The molecule has 1 atom stereocenters. The first-order valence-corrected chi connectivity index (χ1v) is 6.93. The van der Waals surface area contributed by atoms with Crippen LogP contribution >= 0.6 is 0 Å². The Balaban J connectivity index is 1.77. The van der Waals surface area contributed by atoms with Crippen molar-refractivity contribution in [2.24, 2.45) is 0 Å². The van der Waals surface area contributed by atoms with E-state index in [2.05, 4.69) is 24.1 Å². The minimum atomic E-state index is -0.504. The molecule has 2 aromatic rings. The number of rotatable bonds is 3. The van der Waals surface area contributed by atoms with Crippen LogP contribution in [-0.2, 0) is 12.8 Å². The third-order valence-corrected chi connectivity index (χ3v) is 3.98. The number of hydrogen-bond donors (Lipinski definition) is 2. The van der Waals surface area contributed by atoms with Gasteiger partial charge in [-0.15, -0.1) is 0 Å². The van der Waals surface area contributed by atoms with Crippen molar-refractivity contribution in [3.63, 3.8) is 0 Å². The van der Waals surface area contributed by atoms with Gasteiger partial charge in [-0.3, -0.25) is 0 Å². The molecule has 0 aliphatic carbocycles. The molecule has 0 saturated heterocycles. The number of aliphatic hydroxyl groups excluding tert-OH is 1. The van der Waals surface area contributed by atoms with Gasteiger partial charge < -0.3 is 15.1 Å². The second kappa shape index (κ2) is 5.17. The van der Waals surface area contributed by atoms with Crippen LogP contribution in [-0.4, -0.2) is 23.8 Å². The van der Waals surface area contributed by atoms with E-state index in [1.54, 1.807) is 12.1 Å². The standard InChI is InChI=1S/C17H19NO2/c1-18-9-8-13-11-14(4-7-16(13)18)17(20)10-12-2-5-15(19)6-3-12/h2-7,11,17,19-20H,8-10H2,1H3. The first-order valence-electron chi connectivity index (χ1n) is 6.93. The fraction of sp³-hybridized carbons (Fsp3) is 0.294. The smallest absolute Gasteiger partial charge is 0.115 e. The average molecular weight is 269 g/mol. The fourth-order valence-corrected chi connectivity index (χ4v) is 2.77. The van der Waals surface area contributed by atoms with Crippen molar-refractivity contribution in [3.8, 4) is 5.75 Å². The van der Waals surface area contributed by atoms with Gasteiger partial charge in [0.15, 0.2) is 0 Å². The third kappa shape index (κ3) is 2.49. The van der Waals surface area contributed by atoms with Gasteiger partial charge in [0, 0.05) is 25.7 Å². The highest BCUT2D eigenvalue weighted by atomic mass is 16.3. The van der Waals surface area contributed by atoms with Gasteiger partial charge >= 0.3 is 0 Å². The van der Waals surface area contributed by atoms with Gasteiger partial charge in [-0.05, 0) is 41.3 Å². The minimum Gasteiger partial charge on any atom is -0.508 e. The van der Waals surface area contributed by atoms with Gasteiger partial charge in [0.25, 0.3) is 0 Å². The molecule has 3 rings (SSSR count). The Morgan fingerprint density at radius 3 is 2.65 bits per heavy atom. The minimum absolute atomic E-state index is 0.254. The maximum Gasteiger partial charge on any atom is 0.115 e. The summed E-state index contributed by atoms with van der Waals surface area (Å²) in [6.07, 6.45) is 1.11. The highest BCUT2D eigenvalue weighted by molar-refractivity contribution is 5.58. The van der Waals surface area contributed by atoms with Crippen LogP contribution < -0.4 is 4.90 Å². The summed E-state index contributed by atoms with van der Waals surface area (Å²) in [6.45, 7) is 1.05. The molecule has 1 aliphatic rings. The molecule has 0 amide bonds. The summed E-state index contributed by atoms with van der Waals surface area (Å²) < 4.78 is 0. The molecular weight excluding hydrogens is 250 g/mol. The van der Waals surface area contributed by atoms with Gasteiger partial charge in [0.2, 0.25) is 0 Å². The number of hydrogen-bond acceptors (Lipinski definition) is 3. The SMILES string of the molecule is CN1CCc2cc(C(O)Cc3ccc(O)cc3)ccc21. The lowest BCUT2D eigenvalue weighted by atomic mass is 9.99. The molecule has 0 bridgehead atoms. The summed E-state index contributed by atoms with van der Waals surface area (Å²) in [5, 5.41) is 19.6. The van der Waals surface area contributed by atoms with Gasteiger partial charge in [-0.25, -0.2) is 0 Å². The Morgan fingerprint density at radius 2 is 1.90 bits per heavy atom. The number of aliphatic hydroxyl groups is 1. The van der Waals surface area contributed by atoms with Gasteiger partial charge in [-0.2, -0.15) is 0 Å². The number of aromatic hydroxyl groups is 1. The molecule has 20 heavy (non-hydrogen) atoms. The van der Waals surface area contributed by atoms with Crippen molar-refractivity contribution in [3.05, 3.63) is 59.2 Å². The average Bonchev–Trinajstić information content (AvgIpc) is 2.82. The maximum atomic E-state index is 10.4. The van der Waals surface area contributed by atoms with E-state index in [1.807, 2.05) is 18.2 Å². The molecule has 104 valence electrons. The topological polar surface area (TPSA) is 43.7 Å². The normalized spacial score (nSPS) is 15.2. The summed E-state index contributed by atoms with van der Waals surface area (Å²) in [5.74, 6) is 0.254. The molecule has 1 unspecified atom stereocenters. The molecule has 1 aliphatic heterocycles. The Morgan fingerprint density at radius 1 is 1.15 bits per heavy atom. The highest BCUT2D eigenvalue weighted by Crippen LogP contribution is 2.30. The van der Waals surface area contributed by atoms with Crippen LogP contribution in [0.2, 0.25) is 0 Å². The van der Waals surface area contributed by atoms with E-state index in [1.165, 1.54) is 11.3 Å². The first kappa shape index (κ1) is 13.0. The van der Waals surface area contributed by atoms with E-state index in [4.69, 9.17) is 0 Å². The summed E-state index contributed by atoms with van der Waals surface area (Å²) in [5.41, 5.74) is 4.57. The van der Waals surface area contributed by atoms with Gasteiger partial charge in [0.1, 0.15) is 5.75 Å². The molecule has 2 N–H and O–H groups in total. The molecule has 3 nitrogen and oxygen atoms in total. The van der Waals surface area contributed by atoms with E-state index in [0.717, 1.165) is 24.1 Å². The summed E-state index contributed by atoms with van der Waals surface area (Å²) in [4.78, 5) is 2.24. The largest absolute Gasteiger partial charge is 0.508 e. The number of benzene rings is 2. The number of phenolic OH excluding ortho intramolecular Hbond substituents is 1. The predicted octanol–water partition coefficient (Wildman–Crippen LogP) is 2.66. The van der Waals surface area contributed by atoms with Crippen molar-refractivity contribution in [2.45, 2.75) is 18.9 Å². The van der Waals surface area contributed by atoms with Crippen LogP contribution in [0.25, 0.3) is 0 Å². The van der Waals surface area contributed by atoms with Crippen LogP contribution in [0.15, 0.2) is 42.5 Å². The van der Waals surface area contributed by atoms with Crippen molar-refractivity contribution in [1.29, 1.82) is 0 Å². The molecular formula is C17H19NO2. The second-order valence-corrected chi connectivity index (χ2v) is 5.45. The zero-order valence-electron chi connectivity index (χ0n) is 11.6. The lowest BCUT2D eigenvalue weighted by molar-refractivity contribution is 0.178. The predicted molar refractivity (Wildman–Crippen MR) is 80.2 cm³/mol. The van der Waals surface area contributed by atoms with Gasteiger partial charge in [0.05, 0.1) is 6.10 Å². The van der Waals surface area contributed by atoms with Crippen molar-refractivity contribution in [1.82, 2.24) is 0 Å². The van der Waals surface area contributed by atoms with Crippen molar-refractivity contribution >= 4 is 5.69 Å². The zero-order valence-corrected chi connectivity index (χ0v) is 11.6. The van der Waals surface area contributed by atoms with Crippen LogP contribution in [0, 0.1) is 0 Å². The molecule has 0 spiro atoms. The van der Waals surface area contributed by atoms with E-state index < -0.39 is 6.10 Å². The third-order valence-electron chi connectivity index (χ3n) is 3.98. The molecule has 0 radical (unpaired) electrons. The molecule has 3 heteroatoms. The zero-order chi connectivity index (χ0) is 14.1. The maximum absolute atomic E-state index is 10.4. The monoisotopic (exact) mass is 269 g/mol. The van der Waals surface area contributed by atoms with Crippen molar-refractivity contribution in [2.75, 3.05) is 18.5 Å². The lowest BCUT2D eigenvalue weighted by Gasteiger charge is -2.15. The van der Waals surface area contributed by atoms with Gasteiger partial charge in [-0.1, -0.05) is 24.3 Å².